The molecule has 0 saturated heterocycles. The van der Waals surface area contributed by atoms with Crippen molar-refractivity contribution in [1.29, 1.82) is 0 Å². The maximum absolute atomic E-state index is 10.6. The molecule has 0 atom stereocenters. The molecule has 0 aliphatic heterocycles. The Morgan fingerprint density at radius 1 is 1.62 bits per heavy atom. The Kier molecular flexibility index (Phi) is 6.34. The van der Waals surface area contributed by atoms with Crippen molar-refractivity contribution in [3.8, 4) is 0 Å². The van der Waals surface area contributed by atoms with E-state index >= 15 is 0 Å². The number of carbonyl (C=O) groups is 1. The third-order valence-electron chi connectivity index (χ3n) is 1.09. The molecule has 1 rings (SSSR count). The monoisotopic (exact) mass is 286 g/mol. The number of carboxylic acid groups (broad SMARTS) is 1. The number of thiophene rings is 1. The molecule has 0 aliphatic rings. The first kappa shape index (κ1) is 15.2. The summed E-state index contributed by atoms with van der Waals surface area (Å²) in [5.41, 5.74) is 0. The van der Waals surface area contributed by atoms with Crippen molar-refractivity contribution in [2.24, 2.45) is 5.14 Å². The zero-order valence-electron chi connectivity index (χ0n) is 8.17. The van der Waals surface area contributed by atoms with E-state index in [9.17, 15) is 18.3 Å². The normalized spacial score (nSPS) is 10.2. The smallest absolute Gasteiger partial charge is 0.251 e. The van der Waals surface area contributed by atoms with Crippen molar-refractivity contribution in [3.05, 3.63) is 16.5 Å². The number of carbonyl (C=O) groups excluding carboxylic acids is 1. The van der Waals surface area contributed by atoms with Crippen LogP contribution in [-0.4, -0.2) is 21.2 Å². The van der Waals surface area contributed by atoms with Crippen molar-refractivity contribution in [2.75, 3.05) is 6.61 Å². The molecule has 1 aromatic rings. The number of hydrogen-bond acceptors (Lipinski definition) is 6. The SMILES string of the molecule is CCOC(=O)[O-].NS(=O)(=O)c1ccc(Cl)s1. The molecule has 0 bridgehead atoms. The van der Waals surface area contributed by atoms with Gasteiger partial charge in [0.1, 0.15) is 4.21 Å². The van der Waals surface area contributed by atoms with E-state index in [0.29, 0.717) is 4.34 Å². The van der Waals surface area contributed by atoms with Gasteiger partial charge < -0.3 is 14.6 Å². The van der Waals surface area contributed by atoms with Gasteiger partial charge in [-0.25, -0.2) is 13.6 Å². The van der Waals surface area contributed by atoms with Crippen molar-refractivity contribution in [1.82, 2.24) is 0 Å². The van der Waals surface area contributed by atoms with Gasteiger partial charge >= 0.3 is 0 Å². The van der Waals surface area contributed by atoms with Gasteiger partial charge in [-0.15, -0.1) is 11.3 Å². The lowest BCUT2D eigenvalue weighted by molar-refractivity contribution is -0.282. The summed E-state index contributed by atoms with van der Waals surface area (Å²) in [7, 11) is -3.55. The average Bonchev–Trinajstić information content (AvgIpc) is 2.51. The van der Waals surface area contributed by atoms with Crippen molar-refractivity contribution >= 4 is 39.1 Å². The summed E-state index contributed by atoms with van der Waals surface area (Å²) >= 11 is 6.41. The molecule has 9 heteroatoms. The van der Waals surface area contributed by atoms with Crippen LogP contribution in [0.15, 0.2) is 16.3 Å². The third kappa shape index (κ3) is 6.62. The summed E-state index contributed by atoms with van der Waals surface area (Å²) in [6.07, 6.45) is -1.46. The predicted octanol–water partition coefficient (Wildman–Crippen LogP) is 0.415. The Morgan fingerprint density at radius 3 is 2.31 bits per heavy atom. The largest absolute Gasteiger partial charge is 0.550 e. The standard InChI is InChI=1S/C4H4ClNO2S2.C3H6O3/c5-3-1-2-4(9-3)10(6,7)8;1-2-6-3(4)5/h1-2H,(H2,6,7,8);2H2,1H3,(H,4,5)/p-1. The minimum atomic E-state index is -3.55. The Bertz CT molecular complexity index is 441. The molecule has 1 heterocycles. The van der Waals surface area contributed by atoms with Crippen LogP contribution in [0.25, 0.3) is 0 Å². The predicted molar refractivity (Wildman–Crippen MR) is 57.7 cm³/mol. The van der Waals surface area contributed by atoms with Crippen molar-refractivity contribution in [3.63, 3.8) is 0 Å². The molecule has 0 fully saturated rings. The zero-order chi connectivity index (χ0) is 12.8. The summed E-state index contributed by atoms with van der Waals surface area (Å²) in [5.74, 6) is 0. The highest BCUT2D eigenvalue weighted by Crippen LogP contribution is 2.23. The highest BCUT2D eigenvalue weighted by Gasteiger charge is 2.09. The van der Waals surface area contributed by atoms with Gasteiger partial charge in [0.05, 0.1) is 4.34 Å². The second kappa shape index (κ2) is 6.69. The van der Waals surface area contributed by atoms with Crippen molar-refractivity contribution < 1.29 is 23.1 Å². The van der Waals surface area contributed by atoms with Crippen molar-refractivity contribution in [2.45, 2.75) is 11.1 Å². The van der Waals surface area contributed by atoms with Gasteiger partial charge in [0.25, 0.3) is 6.16 Å². The Hall–Kier alpha value is -0.830. The maximum atomic E-state index is 10.6. The first-order chi connectivity index (χ1) is 7.27. The molecule has 0 aliphatic carbocycles. The fourth-order valence-electron chi connectivity index (χ4n) is 0.568. The van der Waals surface area contributed by atoms with Crippen LogP contribution < -0.4 is 10.2 Å². The van der Waals surface area contributed by atoms with E-state index in [2.05, 4.69) is 4.74 Å². The zero-order valence-corrected chi connectivity index (χ0v) is 10.6. The van der Waals surface area contributed by atoms with Crippen LogP contribution in [0.3, 0.4) is 0 Å². The van der Waals surface area contributed by atoms with Gasteiger partial charge in [-0.05, 0) is 19.1 Å². The van der Waals surface area contributed by atoms with Gasteiger partial charge in [0, 0.05) is 6.61 Å². The minimum absolute atomic E-state index is 0.0949. The number of hydrogen-bond donors (Lipinski definition) is 1. The molecule has 0 unspecified atom stereocenters. The third-order valence-corrected chi connectivity index (χ3v) is 3.76. The van der Waals surface area contributed by atoms with Crippen LogP contribution in [0, 0.1) is 0 Å². The summed E-state index contributed by atoms with van der Waals surface area (Å²) < 4.78 is 25.5. The second-order valence-corrected chi connectivity index (χ2v) is 5.79. The number of ether oxygens (including phenoxy) is 1. The first-order valence-electron chi connectivity index (χ1n) is 3.89. The van der Waals surface area contributed by atoms with E-state index < -0.39 is 16.2 Å². The minimum Gasteiger partial charge on any atom is -0.550 e. The topological polar surface area (TPSA) is 110 Å². The molecular weight excluding hydrogens is 278 g/mol. The maximum Gasteiger partial charge on any atom is 0.251 e. The molecule has 6 nitrogen and oxygen atoms in total. The van der Waals surface area contributed by atoms with Gasteiger partial charge in [0.2, 0.25) is 10.0 Å². The van der Waals surface area contributed by atoms with Crippen LogP contribution >= 0.6 is 22.9 Å². The lowest BCUT2D eigenvalue weighted by Crippen LogP contribution is -2.23. The van der Waals surface area contributed by atoms with Crippen LogP contribution in [0.1, 0.15) is 6.92 Å². The van der Waals surface area contributed by atoms with E-state index in [0.717, 1.165) is 11.3 Å². The Labute approximate surface area is 102 Å². The average molecular weight is 287 g/mol. The molecule has 1 aromatic heterocycles. The van der Waals surface area contributed by atoms with Gasteiger partial charge in [-0.2, -0.15) is 0 Å². The first-order valence-corrected chi connectivity index (χ1v) is 6.63. The van der Waals surface area contributed by atoms with E-state index in [1.807, 2.05) is 0 Å². The molecule has 0 aromatic carbocycles. The summed E-state index contributed by atoms with van der Waals surface area (Å²) in [6, 6.07) is 2.87. The quantitative estimate of drug-likeness (QED) is 0.792. The molecule has 0 radical (unpaired) electrons. The van der Waals surface area contributed by atoms with E-state index in [1.165, 1.54) is 12.1 Å². The summed E-state index contributed by atoms with van der Waals surface area (Å²) in [6.45, 7) is 1.75. The van der Waals surface area contributed by atoms with Gasteiger partial charge in [0.15, 0.2) is 0 Å². The number of sulfonamides is 1. The molecule has 16 heavy (non-hydrogen) atoms. The van der Waals surface area contributed by atoms with Gasteiger partial charge in [-0.3, -0.25) is 0 Å². The molecule has 0 amide bonds. The lowest BCUT2D eigenvalue weighted by atomic mass is 10.7. The molecule has 0 saturated carbocycles. The number of nitrogens with two attached hydrogens (primary N) is 1. The second-order valence-electron chi connectivity index (χ2n) is 2.29. The fraction of sp³-hybridized carbons (Fsp3) is 0.286. The fourth-order valence-corrected chi connectivity index (χ4v) is 2.47. The number of halogens is 1. The Balaban J connectivity index is 0.000000325. The van der Waals surface area contributed by atoms with Crippen LogP contribution in [0.2, 0.25) is 4.34 Å². The molecule has 92 valence electrons. The van der Waals surface area contributed by atoms with Crippen LogP contribution in [-0.2, 0) is 14.8 Å². The number of primary sulfonamides is 1. The van der Waals surface area contributed by atoms with Crippen LogP contribution in [0.5, 0.6) is 0 Å². The number of rotatable bonds is 2. The molecule has 0 spiro atoms. The molecule has 2 N–H and O–H groups in total. The van der Waals surface area contributed by atoms with E-state index in [4.69, 9.17) is 16.7 Å². The highest BCUT2D eigenvalue weighted by atomic mass is 35.5. The summed E-state index contributed by atoms with van der Waals surface area (Å²) in [4.78, 5) is 9.27. The van der Waals surface area contributed by atoms with Gasteiger partial charge in [-0.1, -0.05) is 11.6 Å². The highest BCUT2D eigenvalue weighted by molar-refractivity contribution is 7.91. The van der Waals surface area contributed by atoms with Crippen LogP contribution in [0.4, 0.5) is 4.79 Å². The van der Waals surface area contributed by atoms with E-state index in [1.54, 1.807) is 6.92 Å². The van der Waals surface area contributed by atoms with E-state index in [-0.39, 0.29) is 10.8 Å². The lowest BCUT2D eigenvalue weighted by Gasteiger charge is -1.99. The molecular formula is C7H9ClNO5S2-. The Morgan fingerprint density at radius 2 is 2.19 bits per heavy atom. The summed E-state index contributed by atoms with van der Waals surface area (Å²) in [5, 5.41) is 14.1.